The first kappa shape index (κ1) is 21.2. The van der Waals surface area contributed by atoms with Crippen molar-refractivity contribution in [3.8, 4) is 0 Å². The molecule has 2 aliphatic heterocycles. The summed E-state index contributed by atoms with van der Waals surface area (Å²) in [5.41, 5.74) is 0. The van der Waals surface area contributed by atoms with Crippen molar-refractivity contribution in [3.63, 3.8) is 0 Å². The molecule has 0 spiro atoms. The molecule has 0 radical (unpaired) electrons. The standard InChI is InChI=1S/C18H33N3O2.ClH/c1-2-4-17(22)20-13-16-5-3-12-21(14-16)18(23)7-6-15-8-10-19-11-9-15;/h15-16,19H,2-14H2,1H3,(H,20,22);1H. The van der Waals surface area contributed by atoms with Gasteiger partial charge in [-0.1, -0.05) is 6.92 Å². The molecule has 2 fully saturated rings. The highest BCUT2D eigenvalue weighted by molar-refractivity contribution is 5.85. The van der Waals surface area contributed by atoms with E-state index < -0.39 is 0 Å². The lowest BCUT2D eigenvalue weighted by Crippen LogP contribution is -2.43. The third kappa shape index (κ3) is 7.39. The molecule has 2 heterocycles. The van der Waals surface area contributed by atoms with Crippen LogP contribution in [0.15, 0.2) is 0 Å². The number of halogens is 1. The van der Waals surface area contributed by atoms with Crippen LogP contribution in [-0.2, 0) is 9.59 Å². The SMILES string of the molecule is CCCC(=O)NCC1CCCN(C(=O)CCC2CCNCC2)C1.Cl. The third-order valence-electron chi connectivity index (χ3n) is 5.16. The van der Waals surface area contributed by atoms with Gasteiger partial charge in [-0.25, -0.2) is 0 Å². The van der Waals surface area contributed by atoms with Gasteiger partial charge in [0.1, 0.15) is 0 Å². The van der Waals surface area contributed by atoms with Crippen LogP contribution >= 0.6 is 12.4 Å². The van der Waals surface area contributed by atoms with E-state index in [1.54, 1.807) is 0 Å². The van der Waals surface area contributed by atoms with Crippen molar-refractivity contribution in [2.75, 3.05) is 32.7 Å². The Hall–Kier alpha value is -0.810. The average molecular weight is 360 g/mol. The number of nitrogens with one attached hydrogen (secondary N) is 2. The molecule has 1 atom stereocenters. The van der Waals surface area contributed by atoms with Crippen molar-refractivity contribution in [1.82, 2.24) is 15.5 Å². The van der Waals surface area contributed by atoms with Gasteiger partial charge in [0.15, 0.2) is 0 Å². The van der Waals surface area contributed by atoms with E-state index in [0.717, 1.165) is 58.4 Å². The van der Waals surface area contributed by atoms with E-state index >= 15 is 0 Å². The number of hydrogen-bond acceptors (Lipinski definition) is 3. The van der Waals surface area contributed by atoms with Crippen LogP contribution in [0.1, 0.15) is 58.3 Å². The van der Waals surface area contributed by atoms with Crippen LogP contribution < -0.4 is 10.6 Å². The predicted octanol–water partition coefficient (Wildman–Crippen LogP) is 2.34. The predicted molar refractivity (Wildman–Crippen MR) is 99.3 cm³/mol. The quantitative estimate of drug-likeness (QED) is 0.733. The second kappa shape index (κ2) is 11.7. The molecule has 0 aromatic heterocycles. The van der Waals surface area contributed by atoms with Crippen LogP contribution in [0.4, 0.5) is 0 Å². The summed E-state index contributed by atoms with van der Waals surface area (Å²) < 4.78 is 0. The summed E-state index contributed by atoms with van der Waals surface area (Å²) in [5.74, 6) is 1.59. The van der Waals surface area contributed by atoms with Crippen molar-refractivity contribution in [3.05, 3.63) is 0 Å². The second-order valence-electron chi connectivity index (χ2n) is 7.13. The van der Waals surface area contributed by atoms with E-state index in [4.69, 9.17) is 0 Å². The number of hydrogen-bond donors (Lipinski definition) is 2. The summed E-state index contributed by atoms with van der Waals surface area (Å²) in [5, 5.41) is 6.39. The Morgan fingerprint density at radius 1 is 1.12 bits per heavy atom. The van der Waals surface area contributed by atoms with Crippen LogP contribution in [0.25, 0.3) is 0 Å². The lowest BCUT2D eigenvalue weighted by Gasteiger charge is -2.33. The van der Waals surface area contributed by atoms with Gasteiger partial charge < -0.3 is 15.5 Å². The van der Waals surface area contributed by atoms with Gasteiger partial charge in [0, 0.05) is 32.5 Å². The molecule has 0 aromatic rings. The highest BCUT2D eigenvalue weighted by Gasteiger charge is 2.24. The highest BCUT2D eigenvalue weighted by atomic mass is 35.5. The van der Waals surface area contributed by atoms with Crippen molar-refractivity contribution < 1.29 is 9.59 Å². The molecule has 0 aromatic carbocycles. The maximum absolute atomic E-state index is 12.4. The molecule has 2 amide bonds. The van der Waals surface area contributed by atoms with Crippen LogP contribution in [0.5, 0.6) is 0 Å². The summed E-state index contributed by atoms with van der Waals surface area (Å²) in [7, 11) is 0. The van der Waals surface area contributed by atoms with E-state index in [-0.39, 0.29) is 18.3 Å². The smallest absolute Gasteiger partial charge is 0.222 e. The average Bonchev–Trinajstić information content (AvgIpc) is 2.59. The van der Waals surface area contributed by atoms with Gasteiger partial charge in [-0.2, -0.15) is 0 Å². The zero-order valence-corrected chi connectivity index (χ0v) is 15.8. The fourth-order valence-corrected chi connectivity index (χ4v) is 3.69. The van der Waals surface area contributed by atoms with Gasteiger partial charge in [-0.3, -0.25) is 9.59 Å². The summed E-state index contributed by atoms with van der Waals surface area (Å²) in [6, 6.07) is 0. The summed E-state index contributed by atoms with van der Waals surface area (Å²) in [6.07, 6.45) is 7.81. The van der Waals surface area contributed by atoms with Gasteiger partial charge in [0.25, 0.3) is 0 Å². The summed E-state index contributed by atoms with van der Waals surface area (Å²) in [6.45, 7) is 6.64. The van der Waals surface area contributed by atoms with Gasteiger partial charge in [0.2, 0.25) is 11.8 Å². The molecule has 0 aliphatic carbocycles. The van der Waals surface area contributed by atoms with E-state index in [2.05, 4.69) is 10.6 Å². The third-order valence-corrected chi connectivity index (χ3v) is 5.16. The first-order chi connectivity index (χ1) is 11.2. The molecule has 1 unspecified atom stereocenters. The number of likely N-dealkylation sites (tertiary alicyclic amines) is 1. The van der Waals surface area contributed by atoms with Crippen LogP contribution in [0, 0.1) is 11.8 Å². The van der Waals surface area contributed by atoms with Crippen molar-refractivity contribution in [1.29, 1.82) is 0 Å². The second-order valence-corrected chi connectivity index (χ2v) is 7.13. The zero-order valence-electron chi connectivity index (χ0n) is 15.0. The molecule has 5 nitrogen and oxygen atoms in total. The van der Waals surface area contributed by atoms with E-state index in [9.17, 15) is 9.59 Å². The number of rotatable bonds is 7. The lowest BCUT2D eigenvalue weighted by atomic mass is 9.92. The van der Waals surface area contributed by atoms with Crippen LogP contribution in [0.2, 0.25) is 0 Å². The number of nitrogens with zero attached hydrogens (tertiary/aromatic N) is 1. The Morgan fingerprint density at radius 2 is 1.88 bits per heavy atom. The minimum Gasteiger partial charge on any atom is -0.356 e. The number of carbonyl (C=O) groups excluding carboxylic acids is 2. The Morgan fingerprint density at radius 3 is 2.58 bits per heavy atom. The highest BCUT2D eigenvalue weighted by Crippen LogP contribution is 2.21. The van der Waals surface area contributed by atoms with E-state index in [1.807, 2.05) is 11.8 Å². The van der Waals surface area contributed by atoms with Crippen LogP contribution in [0.3, 0.4) is 0 Å². The van der Waals surface area contributed by atoms with Gasteiger partial charge >= 0.3 is 0 Å². The molecule has 24 heavy (non-hydrogen) atoms. The molecular weight excluding hydrogens is 326 g/mol. The monoisotopic (exact) mass is 359 g/mol. The first-order valence-electron chi connectivity index (χ1n) is 9.44. The maximum Gasteiger partial charge on any atom is 0.222 e. The molecule has 2 saturated heterocycles. The number of carbonyl (C=O) groups is 2. The summed E-state index contributed by atoms with van der Waals surface area (Å²) >= 11 is 0. The Labute approximate surface area is 152 Å². The fourth-order valence-electron chi connectivity index (χ4n) is 3.69. The lowest BCUT2D eigenvalue weighted by molar-refractivity contribution is -0.133. The molecule has 2 aliphatic rings. The number of amides is 2. The molecular formula is C18H34ClN3O2. The fraction of sp³-hybridized carbons (Fsp3) is 0.889. The minimum atomic E-state index is 0. The molecule has 2 rings (SSSR count). The zero-order chi connectivity index (χ0) is 16.5. The van der Waals surface area contributed by atoms with Gasteiger partial charge in [-0.15, -0.1) is 12.4 Å². The molecule has 2 N–H and O–H groups in total. The summed E-state index contributed by atoms with van der Waals surface area (Å²) in [4.78, 5) is 26.1. The van der Waals surface area contributed by atoms with Crippen molar-refractivity contribution in [2.24, 2.45) is 11.8 Å². The molecule has 0 saturated carbocycles. The van der Waals surface area contributed by atoms with E-state index in [0.29, 0.717) is 30.6 Å². The van der Waals surface area contributed by atoms with Crippen molar-refractivity contribution >= 4 is 24.2 Å². The van der Waals surface area contributed by atoms with Crippen LogP contribution in [-0.4, -0.2) is 49.4 Å². The minimum absolute atomic E-state index is 0. The molecule has 140 valence electrons. The van der Waals surface area contributed by atoms with Gasteiger partial charge in [-0.05, 0) is 63.5 Å². The van der Waals surface area contributed by atoms with Crippen molar-refractivity contribution in [2.45, 2.75) is 58.3 Å². The number of piperidine rings is 2. The van der Waals surface area contributed by atoms with Gasteiger partial charge in [0.05, 0.1) is 0 Å². The van der Waals surface area contributed by atoms with E-state index in [1.165, 1.54) is 12.8 Å². The normalized spacial score (nSPS) is 21.9. The molecule has 0 bridgehead atoms. The topological polar surface area (TPSA) is 61.4 Å². The Balaban J connectivity index is 0.00000288. The largest absolute Gasteiger partial charge is 0.356 e. The Kier molecular flexibility index (Phi) is 10.3. The first-order valence-corrected chi connectivity index (χ1v) is 9.44. The Bertz CT molecular complexity index is 386. The molecule has 6 heteroatoms. The maximum atomic E-state index is 12.4.